The number of hydrogen-bond acceptors (Lipinski definition) is 4. The first kappa shape index (κ1) is 11.7. The molecule has 0 spiro atoms. The van der Waals surface area contributed by atoms with Crippen molar-refractivity contribution in [1.29, 1.82) is 0 Å². The summed E-state index contributed by atoms with van der Waals surface area (Å²) in [5.41, 5.74) is 0.813. The molecule has 1 aromatic heterocycles. The Balaban J connectivity index is 2.13. The molecule has 1 fully saturated rings. The molecule has 0 unspecified atom stereocenters. The van der Waals surface area contributed by atoms with Crippen LogP contribution in [0.15, 0.2) is 18.2 Å². The summed E-state index contributed by atoms with van der Waals surface area (Å²) in [6.07, 6.45) is 0. The van der Waals surface area contributed by atoms with Crippen molar-refractivity contribution >= 4 is 27.3 Å². The number of aromatic nitrogens is 1. The van der Waals surface area contributed by atoms with Gasteiger partial charge in [-0.1, -0.05) is 6.07 Å². The summed E-state index contributed by atoms with van der Waals surface area (Å²) in [5.74, 6) is 1.60. The molecule has 1 aliphatic heterocycles. The van der Waals surface area contributed by atoms with E-state index in [-0.39, 0.29) is 11.5 Å². The fourth-order valence-electron chi connectivity index (χ4n) is 1.66. The van der Waals surface area contributed by atoms with Gasteiger partial charge in [-0.25, -0.2) is 13.4 Å². The van der Waals surface area contributed by atoms with E-state index in [1.165, 1.54) is 0 Å². The van der Waals surface area contributed by atoms with Crippen LogP contribution >= 0.6 is 11.6 Å². The molecule has 0 saturated carbocycles. The predicted molar refractivity (Wildman–Crippen MR) is 64.7 cm³/mol. The zero-order valence-corrected chi connectivity index (χ0v) is 10.3. The van der Waals surface area contributed by atoms with Crippen LogP contribution in [-0.4, -0.2) is 38.0 Å². The molecule has 0 amide bonds. The first-order valence-electron chi connectivity index (χ1n) is 5.08. The molecule has 0 N–H and O–H groups in total. The summed E-state index contributed by atoms with van der Waals surface area (Å²) in [6, 6.07) is 5.63. The number of nitrogens with zero attached hydrogens (tertiary/aromatic N) is 2. The van der Waals surface area contributed by atoms with Crippen LogP contribution in [0.5, 0.6) is 0 Å². The van der Waals surface area contributed by atoms with E-state index in [0.717, 1.165) is 11.5 Å². The molecule has 0 aromatic carbocycles. The van der Waals surface area contributed by atoms with E-state index in [1.807, 2.05) is 23.1 Å². The fourth-order valence-corrected chi connectivity index (χ4v) is 3.01. The van der Waals surface area contributed by atoms with Crippen LogP contribution in [0.4, 0.5) is 5.82 Å². The lowest BCUT2D eigenvalue weighted by Gasteiger charge is -2.27. The number of hydrogen-bond donors (Lipinski definition) is 0. The average molecular weight is 261 g/mol. The molecule has 6 heteroatoms. The van der Waals surface area contributed by atoms with Gasteiger partial charge in [0.1, 0.15) is 5.82 Å². The van der Waals surface area contributed by atoms with E-state index in [9.17, 15) is 8.42 Å². The number of pyridine rings is 1. The third kappa shape index (κ3) is 2.65. The molecular formula is C10H13ClN2O2S. The molecule has 1 aromatic rings. The molecular weight excluding hydrogens is 248 g/mol. The maximum atomic E-state index is 11.3. The average Bonchev–Trinajstić information content (AvgIpc) is 2.29. The zero-order chi connectivity index (χ0) is 11.6. The van der Waals surface area contributed by atoms with Crippen molar-refractivity contribution in [2.24, 2.45) is 0 Å². The van der Waals surface area contributed by atoms with Crippen LogP contribution in [0.3, 0.4) is 0 Å². The molecule has 1 saturated heterocycles. The van der Waals surface area contributed by atoms with Gasteiger partial charge in [-0.3, -0.25) is 0 Å². The highest BCUT2D eigenvalue weighted by Crippen LogP contribution is 2.15. The Morgan fingerprint density at radius 2 is 2.00 bits per heavy atom. The molecule has 1 aliphatic rings. The van der Waals surface area contributed by atoms with Crippen molar-refractivity contribution in [3.05, 3.63) is 23.9 Å². The summed E-state index contributed by atoms with van der Waals surface area (Å²) in [6.45, 7) is 1.03. The Morgan fingerprint density at radius 3 is 2.62 bits per heavy atom. The van der Waals surface area contributed by atoms with Crippen molar-refractivity contribution in [3.8, 4) is 0 Å². The molecule has 0 bridgehead atoms. The largest absolute Gasteiger partial charge is 0.355 e. The highest BCUT2D eigenvalue weighted by atomic mass is 35.5. The Bertz CT molecular complexity index is 461. The van der Waals surface area contributed by atoms with Crippen molar-refractivity contribution < 1.29 is 8.42 Å². The van der Waals surface area contributed by atoms with Crippen LogP contribution in [0.1, 0.15) is 5.69 Å². The molecule has 0 aliphatic carbocycles. The van der Waals surface area contributed by atoms with Crippen molar-refractivity contribution in [1.82, 2.24) is 4.98 Å². The fraction of sp³-hybridized carbons (Fsp3) is 0.500. The highest BCUT2D eigenvalue weighted by molar-refractivity contribution is 7.91. The van der Waals surface area contributed by atoms with Gasteiger partial charge in [0.25, 0.3) is 0 Å². The predicted octanol–water partition coefficient (Wildman–Crippen LogP) is 1.06. The smallest absolute Gasteiger partial charge is 0.153 e. The van der Waals surface area contributed by atoms with Gasteiger partial charge < -0.3 is 4.90 Å². The maximum absolute atomic E-state index is 11.3. The van der Waals surface area contributed by atoms with Crippen molar-refractivity contribution in [2.45, 2.75) is 5.88 Å². The van der Waals surface area contributed by atoms with Gasteiger partial charge >= 0.3 is 0 Å². The van der Waals surface area contributed by atoms with Crippen LogP contribution in [0.25, 0.3) is 0 Å². The Morgan fingerprint density at radius 1 is 1.31 bits per heavy atom. The monoisotopic (exact) mass is 260 g/mol. The lowest BCUT2D eigenvalue weighted by atomic mass is 10.3. The van der Waals surface area contributed by atoms with E-state index in [4.69, 9.17) is 11.6 Å². The van der Waals surface area contributed by atoms with E-state index in [1.54, 1.807) is 0 Å². The van der Waals surface area contributed by atoms with Crippen molar-refractivity contribution in [3.63, 3.8) is 0 Å². The molecule has 0 atom stereocenters. The second-order valence-electron chi connectivity index (χ2n) is 3.76. The van der Waals surface area contributed by atoms with Crippen LogP contribution in [0.2, 0.25) is 0 Å². The van der Waals surface area contributed by atoms with Gasteiger partial charge in [-0.15, -0.1) is 11.6 Å². The SMILES string of the molecule is O=S1(=O)CCN(c2cccc(CCl)n2)CC1. The summed E-state index contributed by atoms with van der Waals surface area (Å²) in [4.78, 5) is 6.35. The number of alkyl halides is 1. The molecule has 88 valence electrons. The number of anilines is 1. The topological polar surface area (TPSA) is 50.3 Å². The van der Waals surface area contributed by atoms with Crippen LogP contribution in [-0.2, 0) is 15.7 Å². The van der Waals surface area contributed by atoms with E-state index in [2.05, 4.69) is 4.98 Å². The first-order valence-corrected chi connectivity index (χ1v) is 7.43. The van der Waals surface area contributed by atoms with E-state index in [0.29, 0.717) is 19.0 Å². The molecule has 4 nitrogen and oxygen atoms in total. The van der Waals surface area contributed by atoms with Gasteiger partial charge in [0.05, 0.1) is 23.1 Å². The Kier molecular flexibility index (Phi) is 3.35. The zero-order valence-electron chi connectivity index (χ0n) is 8.76. The Hall–Kier alpha value is -0.810. The number of sulfone groups is 1. The molecule has 16 heavy (non-hydrogen) atoms. The lowest BCUT2D eigenvalue weighted by molar-refractivity contribution is 0.586. The summed E-state index contributed by atoms with van der Waals surface area (Å²) < 4.78 is 22.6. The summed E-state index contributed by atoms with van der Waals surface area (Å²) >= 11 is 5.71. The Labute approximate surface area is 100 Å². The minimum atomic E-state index is -2.83. The molecule has 2 rings (SSSR count). The van der Waals surface area contributed by atoms with E-state index < -0.39 is 9.84 Å². The van der Waals surface area contributed by atoms with Crippen molar-refractivity contribution in [2.75, 3.05) is 29.5 Å². The van der Waals surface area contributed by atoms with Gasteiger partial charge in [-0.2, -0.15) is 0 Å². The van der Waals surface area contributed by atoms with Crippen LogP contribution < -0.4 is 4.90 Å². The van der Waals surface area contributed by atoms with Gasteiger partial charge in [-0.05, 0) is 12.1 Å². The van der Waals surface area contributed by atoms with Crippen LogP contribution in [0, 0.1) is 0 Å². The highest BCUT2D eigenvalue weighted by Gasteiger charge is 2.22. The van der Waals surface area contributed by atoms with E-state index >= 15 is 0 Å². The normalized spacial score (nSPS) is 19.7. The van der Waals surface area contributed by atoms with Gasteiger partial charge in [0, 0.05) is 13.1 Å². The summed E-state index contributed by atoms with van der Waals surface area (Å²) in [5, 5.41) is 0. The number of halogens is 1. The third-order valence-electron chi connectivity index (χ3n) is 2.60. The maximum Gasteiger partial charge on any atom is 0.153 e. The lowest BCUT2D eigenvalue weighted by Crippen LogP contribution is -2.40. The van der Waals surface area contributed by atoms with Gasteiger partial charge in [0.2, 0.25) is 0 Å². The van der Waals surface area contributed by atoms with Gasteiger partial charge in [0.15, 0.2) is 9.84 Å². The molecule has 2 heterocycles. The second kappa shape index (κ2) is 4.59. The third-order valence-corrected chi connectivity index (χ3v) is 4.48. The quantitative estimate of drug-likeness (QED) is 0.746. The molecule has 0 radical (unpaired) electrons. The number of rotatable bonds is 2. The first-order chi connectivity index (χ1) is 7.61. The summed E-state index contributed by atoms with van der Waals surface area (Å²) in [7, 11) is -2.83. The minimum absolute atomic E-state index is 0.208. The second-order valence-corrected chi connectivity index (χ2v) is 6.33. The standard InChI is InChI=1S/C10H13ClN2O2S/c11-8-9-2-1-3-10(12-9)13-4-6-16(14,15)7-5-13/h1-3H,4-8H2. The minimum Gasteiger partial charge on any atom is -0.355 e.